The zero-order valence-corrected chi connectivity index (χ0v) is 37.4. The molecule has 2 amide bonds. The molecule has 0 bridgehead atoms. The number of unbranched alkanes of at least 4 members (excludes halogenated alkanes) is 2. The highest BCUT2D eigenvalue weighted by Crippen LogP contribution is 2.45. The Morgan fingerprint density at radius 1 is 0.683 bits per heavy atom. The van der Waals surface area contributed by atoms with Crippen LogP contribution in [0.25, 0.3) is 11.1 Å². The number of methoxy groups -OCH3 is 3. The van der Waals surface area contributed by atoms with Crippen LogP contribution in [0.15, 0.2) is 127 Å². The molecule has 3 N–H and O–H groups in total. The first-order valence-electron chi connectivity index (χ1n) is 21.1. The highest BCUT2D eigenvalue weighted by Gasteiger charge is 2.40. The summed E-state index contributed by atoms with van der Waals surface area (Å²) in [6.07, 6.45) is 1.06. The second-order valence-electron chi connectivity index (χ2n) is 15.2. The zero-order valence-electron chi connectivity index (χ0n) is 36.5. The monoisotopic (exact) mass is 879 g/mol. The molecule has 3 unspecified atom stereocenters. The fourth-order valence-electron chi connectivity index (χ4n) is 7.87. The fraction of sp³-hybridized carbons (Fsp3) is 0.347. The Morgan fingerprint density at radius 2 is 1.24 bits per heavy atom. The molecule has 5 aromatic rings. The molecule has 6 rings (SSSR count). The number of hydrogen-bond donors (Lipinski definition) is 3. The molecular formula is C49H58N3O10P. The Hall–Kier alpha value is -5.53. The maximum Gasteiger partial charge on any atom is 0.407 e. The number of alkyl carbamates (subject to hydrolysis) is 1. The number of fused-ring (bicyclic) bond motifs is 3. The molecule has 0 saturated heterocycles. The molecule has 0 fully saturated rings. The lowest BCUT2D eigenvalue weighted by Gasteiger charge is -2.37. The van der Waals surface area contributed by atoms with Gasteiger partial charge in [0.2, 0.25) is 5.91 Å². The van der Waals surface area contributed by atoms with Gasteiger partial charge in [-0.05, 0) is 89.4 Å². The Labute approximate surface area is 370 Å². The molecule has 0 heterocycles. The minimum Gasteiger partial charge on any atom is -0.497 e. The number of carbonyl (C=O) groups excluding carboxylic acids is 2. The van der Waals surface area contributed by atoms with Gasteiger partial charge in [0, 0.05) is 32.7 Å². The highest BCUT2D eigenvalue weighted by molar-refractivity contribution is 7.51. The van der Waals surface area contributed by atoms with E-state index in [0.717, 1.165) is 38.9 Å². The summed E-state index contributed by atoms with van der Waals surface area (Å²) in [6.45, 7) is 2.48. The van der Waals surface area contributed by atoms with Gasteiger partial charge in [0.05, 0.1) is 34.0 Å². The van der Waals surface area contributed by atoms with E-state index in [0.29, 0.717) is 43.9 Å². The number of carbonyl (C=O) groups is 2. The summed E-state index contributed by atoms with van der Waals surface area (Å²) in [6, 6.07) is 39.6. The number of amides is 2. The van der Waals surface area contributed by atoms with Crippen molar-refractivity contribution in [1.29, 1.82) is 0 Å². The molecule has 1 aliphatic carbocycles. The number of hydrogen-bond acceptors (Lipinski definition) is 10. The van der Waals surface area contributed by atoms with Gasteiger partial charge in [-0.3, -0.25) is 9.32 Å². The van der Waals surface area contributed by atoms with E-state index in [4.69, 9.17) is 32.7 Å². The number of nitrogens with one attached hydrogen (secondary N) is 3. The van der Waals surface area contributed by atoms with Crippen molar-refractivity contribution < 1.29 is 46.9 Å². The maximum atomic E-state index is 14.2. The lowest BCUT2D eigenvalue weighted by atomic mass is 9.80. The minimum atomic E-state index is -3.50. The molecular weight excluding hydrogens is 822 g/mol. The van der Waals surface area contributed by atoms with Crippen molar-refractivity contribution in [3.63, 3.8) is 0 Å². The van der Waals surface area contributed by atoms with E-state index in [2.05, 4.69) is 40.0 Å². The third kappa shape index (κ3) is 11.7. The molecule has 63 heavy (non-hydrogen) atoms. The molecule has 3 atom stereocenters. The highest BCUT2D eigenvalue weighted by atomic mass is 31.2. The van der Waals surface area contributed by atoms with Crippen molar-refractivity contribution in [3.05, 3.63) is 155 Å². The van der Waals surface area contributed by atoms with Crippen LogP contribution in [0, 0.1) is 0 Å². The van der Waals surface area contributed by atoms with Gasteiger partial charge in [-0.1, -0.05) is 103 Å². The summed E-state index contributed by atoms with van der Waals surface area (Å²) >= 11 is 0. The number of ether oxygens (including phenoxy) is 5. The second kappa shape index (κ2) is 22.7. The summed E-state index contributed by atoms with van der Waals surface area (Å²) in [4.78, 5) is 28.0. The van der Waals surface area contributed by atoms with Crippen LogP contribution in [-0.4, -0.2) is 85.5 Å². The normalized spacial score (nSPS) is 14.1. The van der Waals surface area contributed by atoms with Gasteiger partial charge in [0.1, 0.15) is 29.7 Å². The van der Waals surface area contributed by atoms with Crippen molar-refractivity contribution in [2.75, 3.05) is 61.4 Å². The minimum absolute atomic E-state index is 0.0690. The number of rotatable bonds is 24. The lowest BCUT2D eigenvalue weighted by molar-refractivity contribution is -0.126. The first kappa shape index (κ1) is 47.0. The Kier molecular flexibility index (Phi) is 16.9. The fourth-order valence-corrected chi connectivity index (χ4v) is 9.14. The Morgan fingerprint density at radius 3 is 1.79 bits per heavy atom. The van der Waals surface area contributed by atoms with Crippen molar-refractivity contribution >= 4 is 19.7 Å². The third-order valence-electron chi connectivity index (χ3n) is 11.0. The smallest absolute Gasteiger partial charge is 0.407 e. The Balaban J connectivity index is 1.21. The summed E-state index contributed by atoms with van der Waals surface area (Å²) in [5.41, 5.74) is 5.44. The van der Waals surface area contributed by atoms with Crippen LogP contribution in [0.2, 0.25) is 0 Å². The predicted octanol–water partition coefficient (Wildman–Crippen LogP) is 8.60. The van der Waals surface area contributed by atoms with E-state index in [1.54, 1.807) is 21.3 Å². The van der Waals surface area contributed by atoms with Gasteiger partial charge in [-0.2, -0.15) is 0 Å². The van der Waals surface area contributed by atoms with Crippen molar-refractivity contribution in [1.82, 2.24) is 15.7 Å². The van der Waals surface area contributed by atoms with Crippen LogP contribution in [0.1, 0.15) is 59.9 Å². The van der Waals surface area contributed by atoms with Crippen molar-refractivity contribution in [2.45, 2.75) is 49.8 Å². The standard InChI is InChI=1S/C49H58N3O10P/c1-35(32-56-2)52-63(55,59-5)62-31-15-7-14-30-50-47(53)46(51-48(54)60-33-45-43-20-12-10-18-41(43)42-19-11-13-21-44(42)45)34-61-49(36-16-8-6-9-17-36,37-22-26-39(57-3)27-23-37)38-24-28-40(58-4)29-25-38/h6,8-13,16-29,35,45-46H,7,14-15,30-34H2,1-5H3,(H,50,53)(H,51,54)(H,52,55). The molecule has 1 aliphatic rings. The lowest BCUT2D eigenvalue weighted by Crippen LogP contribution is -2.51. The van der Waals surface area contributed by atoms with Gasteiger partial charge in [0.25, 0.3) is 0 Å². The van der Waals surface area contributed by atoms with Gasteiger partial charge < -0.3 is 38.8 Å². The first-order chi connectivity index (χ1) is 30.6. The van der Waals surface area contributed by atoms with Crippen LogP contribution in [0.3, 0.4) is 0 Å². The summed E-state index contributed by atoms with van der Waals surface area (Å²) < 4.78 is 52.8. The Bertz CT molecular complexity index is 2180. The quantitative estimate of drug-likeness (QED) is 0.0311. The van der Waals surface area contributed by atoms with Gasteiger partial charge in [-0.25, -0.2) is 14.4 Å². The van der Waals surface area contributed by atoms with Crippen molar-refractivity contribution in [2.24, 2.45) is 0 Å². The molecule has 14 heteroatoms. The SMILES string of the molecule is COCC(C)NP(=O)(OC)OCCCCCNC(=O)C(COC(c1ccccc1)(c1ccc(OC)cc1)c1ccc(OC)cc1)NC(=O)OCC1c2ccccc2-c2ccccc21. The number of benzene rings is 5. The molecule has 0 aliphatic heterocycles. The summed E-state index contributed by atoms with van der Waals surface area (Å²) in [5, 5.41) is 8.68. The van der Waals surface area contributed by atoms with E-state index in [-0.39, 0.29) is 31.8 Å². The van der Waals surface area contributed by atoms with E-state index in [9.17, 15) is 14.2 Å². The zero-order chi connectivity index (χ0) is 44.7. The first-order valence-corrected chi connectivity index (χ1v) is 22.6. The maximum absolute atomic E-state index is 14.2. The topological polar surface area (TPSA) is 152 Å². The predicted molar refractivity (Wildman–Crippen MR) is 242 cm³/mol. The largest absolute Gasteiger partial charge is 0.497 e. The molecule has 0 spiro atoms. The van der Waals surface area contributed by atoms with Crippen LogP contribution in [0.5, 0.6) is 11.5 Å². The summed E-state index contributed by atoms with van der Waals surface area (Å²) in [5.74, 6) is 0.703. The van der Waals surface area contributed by atoms with E-state index in [1.165, 1.54) is 7.11 Å². The van der Waals surface area contributed by atoms with E-state index < -0.39 is 31.4 Å². The van der Waals surface area contributed by atoms with Crippen LogP contribution >= 0.6 is 7.75 Å². The van der Waals surface area contributed by atoms with Gasteiger partial charge in [0.15, 0.2) is 0 Å². The average molecular weight is 880 g/mol. The van der Waals surface area contributed by atoms with E-state index in [1.807, 2.05) is 110 Å². The molecule has 0 radical (unpaired) electrons. The van der Waals surface area contributed by atoms with E-state index >= 15 is 0 Å². The van der Waals surface area contributed by atoms with Gasteiger partial charge in [-0.15, -0.1) is 0 Å². The average Bonchev–Trinajstić information content (AvgIpc) is 3.64. The second-order valence-corrected chi connectivity index (χ2v) is 17.1. The van der Waals surface area contributed by atoms with Gasteiger partial charge >= 0.3 is 13.8 Å². The summed E-state index contributed by atoms with van der Waals surface area (Å²) in [7, 11) is 2.60. The molecule has 0 saturated carbocycles. The molecule has 0 aromatic heterocycles. The van der Waals surface area contributed by atoms with Crippen LogP contribution in [-0.2, 0) is 38.2 Å². The van der Waals surface area contributed by atoms with Crippen LogP contribution < -0.4 is 25.2 Å². The van der Waals surface area contributed by atoms with Crippen LogP contribution in [0.4, 0.5) is 4.79 Å². The molecule has 334 valence electrons. The molecule has 5 aromatic carbocycles. The molecule has 13 nitrogen and oxygen atoms in total. The van der Waals surface area contributed by atoms with Crippen molar-refractivity contribution in [3.8, 4) is 22.6 Å². The third-order valence-corrected chi connectivity index (χ3v) is 12.8.